The third kappa shape index (κ3) is 3.16. The van der Waals surface area contributed by atoms with Gasteiger partial charge in [-0.2, -0.15) is 0 Å². The maximum Gasteiger partial charge on any atom is 0.259 e. The Kier molecular flexibility index (Phi) is 4.26. The minimum absolute atomic E-state index is 0.0424. The number of hydrogen-bond donors (Lipinski definition) is 2. The number of nitrogens with two attached hydrogens (primary N) is 1. The molecule has 2 heterocycles. The second kappa shape index (κ2) is 5.75. The number of nitrogens with one attached hydrogen (secondary N) is 1. The molecule has 0 aliphatic carbocycles. The van der Waals surface area contributed by atoms with Gasteiger partial charge >= 0.3 is 0 Å². The summed E-state index contributed by atoms with van der Waals surface area (Å²) in [4.78, 5) is 13.0. The lowest BCUT2D eigenvalue weighted by Gasteiger charge is -2.07. The van der Waals surface area contributed by atoms with E-state index in [1.807, 2.05) is 26.0 Å². The van der Waals surface area contributed by atoms with Crippen molar-refractivity contribution in [2.75, 3.05) is 12.3 Å². The quantitative estimate of drug-likeness (QED) is 0.893. The van der Waals surface area contributed by atoms with Crippen LogP contribution in [0.5, 0.6) is 0 Å². The Hall–Kier alpha value is -1.34. The fourth-order valence-corrected chi connectivity index (χ4v) is 2.89. The van der Waals surface area contributed by atoms with Gasteiger partial charge in [0, 0.05) is 6.54 Å². The first kappa shape index (κ1) is 14.1. The summed E-state index contributed by atoms with van der Waals surface area (Å²) < 4.78 is 5.90. The van der Waals surface area contributed by atoms with Crippen LogP contribution in [-0.2, 0) is 0 Å². The van der Waals surface area contributed by atoms with Crippen LogP contribution < -0.4 is 11.1 Å². The fourth-order valence-electron chi connectivity index (χ4n) is 1.52. The minimum atomic E-state index is -0.257. The zero-order valence-electron chi connectivity index (χ0n) is 10.6. The minimum Gasteiger partial charge on any atom is -0.367 e. The van der Waals surface area contributed by atoms with Crippen molar-refractivity contribution >= 4 is 39.1 Å². The first-order chi connectivity index (χ1) is 8.99. The van der Waals surface area contributed by atoms with Gasteiger partial charge in [-0.1, -0.05) is 19.0 Å². The van der Waals surface area contributed by atoms with E-state index in [9.17, 15) is 4.79 Å². The number of amides is 1. The lowest BCUT2D eigenvalue weighted by molar-refractivity contribution is 0.0950. The number of nitrogen functional groups attached to an aromatic ring is 1. The van der Waals surface area contributed by atoms with E-state index in [4.69, 9.17) is 10.3 Å². The average Bonchev–Trinajstić information content (AvgIpc) is 2.92. The molecule has 0 saturated heterocycles. The Bertz CT molecular complexity index is 592. The first-order valence-electron chi connectivity index (χ1n) is 5.78. The number of halogens is 1. The number of nitrogens with zero attached hydrogens (tertiary/aromatic N) is 1. The van der Waals surface area contributed by atoms with E-state index >= 15 is 0 Å². The summed E-state index contributed by atoms with van der Waals surface area (Å²) in [5.74, 6) is 0.150. The van der Waals surface area contributed by atoms with Crippen LogP contribution in [0.15, 0.2) is 20.4 Å². The van der Waals surface area contributed by atoms with E-state index in [1.54, 1.807) is 0 Å². The molecule has 1 amide bonds. The normalized spacial score (nSPS) is 10.9. The van der Waals surface area contributed by atoms with Crippen molar-refractivity contribution in [3.05, 3.63) is 21.5 Å². The maximum absolute atomic E-state index is 12.1. The third-order valence-electron chi connectivity index (χ3n) is 2.42. The smallest absolute Gasteiger partial charge is 0.259 e. The Morgan fingerprint density at radius 3 is 2.89 bits per heavy atom. The average molecular weight is 344 g/mol. The summed E-state index contributed by atoms with van der Waals surface area (Å²) in [6.07, 6.45) is 0. The highest BCUT2D eigenvalue weighted by molar-refractivity contribution is 9.11. The Balaban J connectivity index is 2.30. The number of thiophene rings is 1. The summed E-state index contributed by atoms with van der Waals surface area (Å²) in [7, 11) is 0. The van der Waals surface area contributed by atoms with Gasteiger partial charge in [0.15, 0.2) is 0 Å². The van der Waals surface area contributed by atoms with Crippen LogP contribution in [0, 0.1) is 5.92 Å². The number of hydrogen-bond acceptors (Lipinski definition) is 5. The molecule has 19 heavy (non-hydrogen) atoms. The molecule has 102 valence electrons. The van der Waals surface area contributed by atoms with Gasteiger partial charge in [0.1, 0.15) is 11.3 Å². The van der Waals surface area contributed by atoms with Crippen LogP contribution >= 0.6 is 27.3 Å². The Morgan fingerprint density at radius 2 is 2.32 bits per heavy atom. The molecule has 0 spiro atoms. The van der Waals surface area contributed by atoms with Crippen LogP contribution in [-0.4, -0.2) is 17.6 Å². The molecular weight excluding hydrogens is 330 g/mol. The highest BCUT2D eigenvalue weighted by atomic mass is 79.9. The second-order valence-corrected chi connectivity index (χ2v) is 6.94. The molecule has 0 saturated carbocycles. The highest BCUT2D eigenvalue weighted by Gasteiger charge is 2.23. The van der Waals surface area contributed by atoms with Gasteiger partial charge in [0.25, 0.3) is 5.91 Å². The number of carbonyl (C=O) groups excluding carboxylic acids is 1. The van der Waals surface area contributed by atoms with Crippen molar-refractivity contribution in [3.8, 4) is 10.6 Å². The zero-order valence-corrected chi connectivity index (χ0v) is 13.0. The van der Waals surface area contributed by atoms with Gasteiger partial charge in [0.05, 0.1) is 8.66 Å². The molecule has 0 aliphatic heterocycles. The molecule has 5 nitrogen and oxygen atoms in total. The van der Waals surface area contributed by atoms with Gasteiger partial charge in [0.2, 0.25) is 5.88 Å². The molecule has 7 heteroatoms. The Labute approximate surface area is 123 Å². The van der Waals surface area contributed by atoms with E-state index in [1.165, 1.54) is 11.3 Å². The summed E-state index contributed by atoms with van der Waals surface area (Å²) in [5.41, 5.74) is 6.48. The Morgan fingerprint density at radius 1 is 1.58 bits per heavy atom. The van der Waals surface area contributed by atoms with Crippen LogP contribution in [0.2, 0.25) is 0 Å². The van der Waals surface area contributed by atoms with E-state index < -0.39 is 0 Å². The largest absolute Gasteiger partial charge is 0.367 e. The van der Waals surface area contributed by atoms with Crippen molar-refractivity contribution in [2.45, 2.75) is 13.8 Å². The highest BCUT2D eigenvalue weighted by Crippen LogP contribution is 2.34. The zero-order chi connectivity index (χ0) is 14.0. The van der Waals surface area contributed by atoms with Crippen LogP contribution in [0.1, 0.15) is 24.2 Å². The van der Waals surface area contributed by atoms with Crippen molar-refractivity contribution in [3.63, 3.8) is 0 Å². The molecule has 2 aromatic heterocycles. The van der Waals surface area contributed by atoms with Crippen molar-refractivity contribution in [2.24, 2.45) is 5.92 Å². The van der Waals surface area contributed by atoms with Crippen molar-refractivity contribution in [1.82, 2.24) is 10.5 Å². The molecule has 0 aliphatic rings. The summed E-state index contributed by atoms with van der Waals surface area (Å²) >= 11 is 4.84. The maximum atomic E-state index is 12.1. The molecular formula is C12H14BrN3O2S. The van der Waals surface area contributed by atoms with E-state index in [-0.39, 0.29) is 11.8 Å². The summed E-state index contributed by atoms with van der Waals surface area (Å²) in [6, 6.07) is 3.76. The predicted octanol–water partition coefficient (Wildman–Crippen LogP) is 3.13. The van der Waals surface area contributed by atoms with Gasteiger partial charge in [-0.05, 0) is 34.0 Å². The standard InChI is InChI=1S/C12H14BrN3O2S/c1-6(2)5-15-12(17)9-10(16-18-11(9)14)7-3-4-8(13)19-7/h3-4,6H,5,14H2,1-2H3,(H,15,17). The van der Waals surface area contributed by atoms with Gasteiger partial charge in [-0.15, -0.1) is 11.3 Å². The number of rotatable bonds is 4. The van der Waals surface area contributed by atoms with Gasteiger partial charge in [-0.25, -0.2) is 0 Å². The van der Waals surface area contributed by atoms with E-state index in [0.717, 1.165) is 8.66 Å². The van der Waals surface area contributed by atoms with E-state index in [2.05, 4.69) is 26.4 Å². The van der Waals surface area contributed by atoms with Gasteiger partial charge in [-0.3, -0.25) is 4.79 Å². The number of carbonyl (C=O) groups is 1. The van der Waals surface area contributed by atoms with E-state index in [0.29, 0.717) is 23.7 Å². The molecule has 0 radical (unpaired) electrons. The molecule has 3 N–H and O–H groups in total. The predicted molar refractivity (Wildman–Crippen MR) is 79.1 cm³/mol. The third-order valence-corrected chi connectivity index (χ3v) is 4.05. The van der Waals surface area contributed by atoms with Crippen molar-refractivity contribution in [1.29, 1.82) is 0 Å². The molecule has 2 aromatic rings. The topological polar surface area (TPSA) is 81.2 Å². The fraction of sp³-hybridized carbons (Fsp3) is 0.333. The SMILES string of the molecule is CC(C)CNC(=O)c1c(-c2ccc(Br)s2)noc1N. The van der Waals surface area contributed by atoms with Gasteiger partial charge < -0.3 is 15.6 Å². The van der Waals surface area contributed by atoms with Crippen molar-refractivity contribution < 1.29 is 9.32 Å². The molecule has 0 bridgehead atoms. The van der Waals surface area contributed by atoms with Crippen LogP contribution in [0.4, 0.5) is 5.88 Å². The van der Waals surface area contributed by atoms with Crippen LogP contribution in [0.25, 0.3) is 10.6 Å². The molecule has 2 rings (SSSR count). The first-order valence-corrected chi connectivity index (χ1v) is 7.39. The molecule has 0 atom stereocenters. The number of aromatic nitrogens is 1. The monoisotopic (exact) mass is 343 g/mol. The molecule has 0 fully saturated rings. The summed E-state index contributed by atoms with van der Waals surface area (Å²) in [5, 5.41) is 6.69. The lowest BCUT2D eigenvalue weighted by Crippen LogP contribution is -2.28. The summed E-state index contributed by atoms with van der Waals surface area (Å²) in [6.45, 7) is 4.63. The molecule has 0 unspecified atom stereocenters. The number of anilines is 1. The van der Waals surface area contributed by atoms with Crippen LogP contribution in [0.3, 0.4) is 0 Å². The molecule has 0 aromatic carbocycles. The lowest BCUT2D eigenvalue weighted by atomic mass is 10.1. The second-order valence-electron chi connectivity index (χ2n) is 4.48.